The standard InChI is InChI=1S/C64H59N8O15P/c1-65-33-34-82-88(77,83-38-52-55(86-62(75)43-21-13-7-14-22-43)56(80-4)61(85-52)72-40-68-54-57(66-39-67-58(54)72)69-59(73)42-19-11-6-12-20-42)87-50-35-53(71-36-49(60(74)70-63(71)76)41-17-9-5-10-18-41)84-51(50)37-81-64(44-23-15-8-16-24-44,45-25-29-47(78-2)30-26-45)46-27-31-48(79-3)32-28-46/h5-32,36,39-40,50-53,55-56,61H,33-35,37-38H2,2-4H3,(H,70,74,76)(H,66,67,69,73)/t50?,51-,52-,53-,55?,56+,61-,88?/m1/s1. The summed E-state index contributed by atoms with van der Waals surface area (Å²) in [4.78, 5) is 73.9. The van der Waals surface area contributed by atoms with Crippen molar-refractivity contribution in [2.24, 2.45) is 0 Å². The van der Waals surface area contributed by atoms with Gasteiger partial charge in [0.2, 0.25) is 6.54 Å². The summed E-state index contributed by atoms with van der Waals surface area (Å²) in [6.45, 7) is 5.93. The summed E-state index contributed by atoms with van der Waals surface area (Å²) in [7, 11) is -0.424. The summed E-state index contributed by atoms with van der Waals surface area (Å²) in [5.74, 6) is 0.0860. The van der Waals surface area contributed by atoms with Crippen LogP contribution in [0.4, 0.5) is 5.82 Å². The average molecular weight is 1210 g/mol. The highest BCUT2D eigenvalue weighted by Crippen LogP contribution is 2.54. The van der Waals surface area contributed by atoms with E-state index in [0.717, 1.165) is 0 Å². The van der Waals surface area contributed by atoms with Crippen LogP contribution in [0.1, 0.15) is 56.3 Å². The van der Waals surface area contributed by atoms with Gasteiger partial charge in [0.25, 0.3) is 11.5 Å². The molecule has 2 saturated heterocycles. The van der Waals surface area contributed by atoms with Gasteiger partial charge in [0.15, 0.2) is 29.3 Å². The second-order valence-electron chi connectivity index (χ2n) is 20.2. The van der Waals surface area contributed by atoms with Crippen molar-refractivity contribution in [3.8, 4) is 22.6 Å². The predicted molar refractivity (Wildman–Crippen MR) is 319 cm³/mol. The van der Waals surface area contributed by atoms with Crippen LogP contribution < -0.4 is 26.0 Å². The number of ether oxygens (including phenoxy) is 7. The SMILES string of the molecule is [C-]#[N+]CCOP(=O)(OC[C@H]1O[C@@H](n2cnc3c(NC(=O)c4ccccc4)ncnc32)[C@@H](OC)C1OC(=O)c1ccccc1)OC1C[C@H](n2cc(-c3ccccc3)c(=O)[nH]c2=O)O[C@@H]1COC(c1ccccc1)(c1ccc(OC)cc1)c1ccc(OC)cc1. The molecular weight excluding hydrogens is 1150 g/mol. The van der Waals surface area contributed by atoms with Crippen molar-refractivity contribution in [1.29, 1.82) is 0 Å². The first-order valence-electron chi connectivity index (χ1n) is 27.9. The second kappa shape index (κ2) is 27.1. The van der Waals surface area contributed by atoms with E-state index < -0.39 is 92.7 Å². The Bertz CT molecular complexity index is 4030. The van der Waals surface area contributed by atoms with Crippen molar-refractivity contribution in [3.63, 3.8) is 0 Å². The number of rotatable bonds is 24. The zero-order valence-corrected chi connectivity index (χ0v) is 48.6. The molecule has 9 aromatic rings. The Kier molecular flexibility index (Phi) is 18.5. The van der Waals surface area contributed by atoms with E-state index in [1.807, 2.05) is 78.9 Å². The molecule has 2 fully saturated rings. The van der Waals surface area contributed by atoms with Gasteiger partial charge in [-0.05, 0) is 70.8 Å². The van der Waals surface area contributed by atoms with E-state index in [2.05, 4.69) is 30.1 Å². The number of carbonyl (C=O) groups excluding carboxylic acids is 2. The van der Waals surface area contributed by atoms with Crippen LogP contribution >= 0.6 is 7.82 Å². The maximum Gasteiger partial charge on any atom is 0.475 e. The predicted octanol–water partition coefficient (Wildman–Crippen LogP) is 9.19. The van der Waals surface area contributed by atoms with E-state index in [9.17, 15) is 19.2 Å². The van der Waals surface area contributed by atoms with Crippen molar-refractivity contribution in [2.75, 3.05) is 53.0 Å². The number of aromatic amines is 1. The fourth-order valence-electron chi connectivity index (χ4n) is 10.7. The third kappa shape index (κ3) is 12.8. The highest BCUT2D eigenvalue weighted by atomic mass is 31.2. The van der Waals surface area contributed by atoms with E-state index in [1.165, 1.54) is 35.1 Å². The number of esters is 1. The Morgan fingerprint density at radius 1 is 0.716 bits per heavy atom. The lowest BCUT2D eigenvalue weighted by Gasteiger charge is -2.37. The number of amides is 1. The summed E-state index contributed by atoms with van der Waals surface area (Å²) < 4.78 is 81.5. The van der Waals surface area contributed by atoms with Gasteiger partial charge < -0.3 is 43.3 Å². The fourth-order valence-corrected chi connectivity index (χ4v) is 12.1. The Morgan fingerprint density at radius 2 is 1.33 bits per heavy atom. The molecule has 24 heteroatoms. The van der Waals surface area contributed by atoms with E-state index in [4.69, 9.17) is 53.3 Å². The quantitative estimate of drug-likeness (QED) is 0.0188. The van der Waals surface area contributed by atoms with Crippen molar-refractivity contribution in [2.45, 2.75) is 55.0 Å². The second-order valence-corrected chi connectivity index (χ2v) is 21.8. The lowest BCUT2D eigenvalue weighted by atomic mass is 9.80. The molecular formula is C64H59N8O15P. The Hall–Kier alpha value is -9.47. The molecule has 0 bridgehead atoms. The largest absolute Gasteiger partial charge is 0.497 e. The number of H-pyrrole nitrogens is 1. The topological polar surface area (TPSA) is 258 Å². The molecule has 0 radical (unpaired) electrons. The van der Waals surface area contributed by atoms with Crippen LogP contribution in [0.5, 0.6) is 11.5 Å². The summed E-state index contributed by atoms with van der Waals surface area (Å²) >= 11 is 0. The van der Waals surface area contributed by atoms with Gasteiger partial charge in [0.05, 0.1) is 44.9 Å². The van der Waals surface area contributed by atoms with Gasteiger partial charge >= 0.3 is 19.5 Å². The van der Waals surface area contributed by atoms with Gasteiger partial charge in [-0.15, -0.1) is 0 Å². The number of benzene rings is 6. The summed E-state index contributed by atoms with van der Waals surface area (Å²) in [6.07, 6.45) is -4.76. The molecule has 8 atom stereocenters. The van der Waals surface area contributed by atoms with Crippen molar-refractivity contribution < 1.29 is 60.9 Å². The monoisotopic (exact) mass is 1210 g/mol. The fraction of sp³-hybridized carbons (Fsp3) is 0.250. The number of nitrogens with zero attached hydrogens (tertiary/aromatic N) is 6. The summed E-state index contributed by atoms with van der Waals surface area (Å²) in [6, 6.07) is 49.7. The molecule has 2 aliphatic heterocycles. The van der Waals surface area contributed by atoms with Crippen LogP contribution in [0.25, 0.3) is 27.1 Å². The Labute approximate surface area is 504 Å². The highest BCUT2D eigenvalue weighted by Gasteiger charge is 2.52. The minimum atomic E-state index is -4.94. The number of imidazole rings is 1. The van der Waals surface area contributed by atoms with Gasteiger partial charge in [0.1, 0.15) is 60.7 Å². The summed E-state index contributed by atoms with van der Waals surface area (Å²) in [5.41, 5.74) is 0.872. The van der Waals surface area contributed by atoms with Crippen LogP contribution in [0.3, 0.4) is 0 Å². The van der Waals surface area contributed by atoms with Gasteiger partial charge in [-0.2, -0.15) is 0 Å². The third-order valence-corrected chi connectivity index (χ3v) is 16.5. The van der Waals surface area contributed by atoms with Gasteiger partial charge in [0, 0.05) is 25.3 Å². The minimum Gasteiger partial charge on any atom is -0.497 e. The Morgan fingerprint density at radius 3 is 1.95 bits per heavy atom. The number of phosphoric ester groups is 1. The first-order chi connectivity index (χ1) is 42.9. The smallest absolute Gasteiger partial charge is 0.475 e. The molecule has 0 saturated carbocycles. The lowest BCUT2D eigenvalue weighted by Crippen LogP contribution is -2.40. The first-order valence-corrected chi connectivity index (χ1v) is 29.3. The molecule has 2 N–H and O–H groups in total. The van der Waals surface area contributed by atoms with Crippen molar-refractivity contribution in [1.82, 2.24) is 29.1 Å². The van der Waals surface area contributed by atoms with Crippen LogP contribution in [0, 0.1) is 6.57 Å². The molecule has 23 nitrogen and oxygen atoms in total. The van der Waals surface area contributed by atoms with E-state index >= 15 is 4.57 Å². The molecule has 5 heterocycles. The molecule has 88 heavy (non-hydrogen) atoms. The maximum absolute atomic E-state index is 15.7. The zero-order chi connectivity index (χ0) is 61.2. The zero-order valence-electron chi connectivity index (χ0n) is 47.7. The molecule has 11 rings (SSSR count). The van der Waals surface area contributed by atoms with E-state index in [1.54, 1.807) is 105 Å². The maximum atomic E-state index is 15.7. The minimum absolute atomic E-state index is 0.0993. The van der Waals surface area contributed by atoms with Gasteiger partial charge in [-0.25, -0.2) is 35.7 Å². The number of aromatic nitrogens is 6. The Balaban J connectivity index is 0.952. The molecule has 2 aliphatic rings. The van der Waals surface area contributed by atoms with Crippen LogP contribution in [-0.2, 0) is 47.4 Å². The first kappa shape index (κ1) is 60.2. The van der Waals surface area contributed by atoms with Crippen LogP contribution in [0.15, 0.2) is 198 Å². The van der Waals surface area contributed by atoms with E-state index in [0.29, 0.717) is 39.3 Å². The number of carbonyl (C=O) groups is 2. The molecule has 450 valence electrons. The molecule has 6 aromatic carbocycles. The number of nitrogens with one attached hydrogen (secondary N) is 2. The molecule has 3 unspecified atom stereocenters. The van der Waals surface area contributed by atoms with Crippen LogP contribution in [0.2, 0.25) is 0 Å². The van der Waals surface area contributed by atoms with E-state index in [-0.39, 0.29) is 47.7 Å². The normalized spacial score (nSPS) is 19.8. The van der Waals surface area contributed by atoms with Crippen LogP contribution in [-0.4, -0.2) is 119 Å². The van der Waals surface area contributed by atoms with Gasteiger partial charge in [-0.3, -0.25) is 37.3 Å². The van der Waals surface area contributed by atoms with Crippen molar-refractivity contribution >= 4 is 36.7 Å². The average Bonchev–Trinajstić information content (AvgIpc) is 1.64. The van der Waals surface area contributed by atoms with Gasteiger partial charge in [-0.1, -0.05) is 121 Å². The number of methoxy groups -OCH3 is 3. The lowest BCUT2D eigenvalue weighted by molar-refractivity contribution is -0.0960. The third-order valence-electron chi connectivity index (χ3n) is 15.0. The number of hydrogen-bond donors (Lipinski definition) is 2. The number of hydrogen-bond acceptors (Lipinski definition) is 18. The molecule has 1 amide bonds. The molecule has 0 spiro atoms. The molecule has 0 aliphatic carbocycles. The van der Waals surface area contributed by atoms with Crippen molar-refractivity contribution in [3.05, 3.63) is 249 Å². The number of phosphoric acid groups is 1. The molecule has 3 aromatic heterocycles. The number of anilines is 1. The highest BCUT2D eigenvalue weighted by molar-refractivity contribution is 7.48. The summed E-state index contributed by atoms with van der Waals surface area (Å²) in [5, 5.41) is 2.79. The number of fused-ring (bicyclic) bond motifs is 1.